The van der Waals surface area contributed by atoms with Crippen LogP contribution in [0.15, 0.2) is 47.4 Å². The predicted octanol–water partition coefficient (Wildman–Crippen LogP) is 2.93. The average molecular weight is 416 g/mol. The minimum absolute atomic E-state index is 0.107. The summed E-state index contributed by atoms with van der Waals surface area (Å²) >= 11 is 0. The summed E-state index contributed by atoms with van der Waals surface area (Å²) in [5.74, 6) is -0.229. The maximum atomic E-state index is 13.2. The van der Waals surface area contributed by atoms with E-state index in [9.17, 15) is 18.0 Å². The Morgan fingerprint density at radius 1 is 1.24 bits per heavy atom. The third-order valence-electron chi connectivity index (χ3n) is 4.89. The van der Waals surface area contributed by atoms with Gasteiger partial charge in [-0.15, -0.1) is 0 Å². The Labute approximate surface area is 170 Å². The number of fused-ring (bicyclic) bond motifs is 1. The first-order chi connectivity index (χ1) is 13.7. The van der Waals surface area contributed by atoms with E-state index in [0.717, 1.165) is 5.69 Å². The molecule has 0 fully saturated rings. The summed E-state index contributed by atoms with van der Waals surface area (Å²) < 4.78 is 31.7. The molecule has 1 N–H and O–H groups in total. The molecule has 2 amide bonds. The number of benzene rings is 2. The molecule has 8 heteroatoms. The predicted molar refractivity (Wildman–Crippen MR) is 111 cm³/mol. The largest absolute Gasteiger partial charge is 0.482 e. The number of carbonyl (C=O) groups is 2. The monoisotopic (exact) mass is 416 g/mol. The number of nitrogens with one attached hydrogen (secondary N) is 1. The van der Waals surface area contributed by atoms with Crippen molar-refractivity contribution in [2.45, 2.75) is 37.3 Å². The molecule has 0 saturated heterocycles. The molecular weight excluding hydrogens is 392 g/mol. The van der Waals surface area contributed by atoms with Crippen molar-refractivity contribution in [2.24, 2.45) is 0 Å². The maximum absolute atomic E-state index is 13.2. The van der Waals surface area contributed by atoms with E-state index in [1.165, 1.54) is 13.0 Å². The first-order valence-electron chi connectivity index (χ1n) is 9.40. The number of nitrogens with zero attached hydrogens (tertiary/aromatic N) is 1. The minimum Gasteiger partial charge on any atom is -0.482 e. The van der Waals surface area contributed by atoms with Crippen LogP contribution in [-0.2, 0) is 19.4 Å². The molecule has 1 atom stereocenters. The molecule has 1 aliphatic heterocycles. The van der Waals surface area contributed by atoms with Gasteiger partial charge in [0.1, 0.15) is 5.75 Å². The van der Waals surface area contributed by atoms with Crippen molar-refractivity contribution >= 4 is 33.0 Å². The van der Waals surface area contributed by atoms with Crippen molar-refractivity contribution < 1.29 is 22.7 Å². The van der Waals surface area contributed by atoms with E-state index in [0.29, 0.717) is 23.5 Å². The Morgan fingerprint density at radius 3 is 2.59 bits per heavy atom. The van der Waals surface area contributed by atoms with Crippen molar-refractivity contribution in [1.82, 2.24) is 0 Å². The van der Waals surface area contributed by atoms with E-state index in [1.807, 2.05) is 37.3 Å². The van der Waals surface area contributed by atoms with Gasteiger partial charge >= 0.3 is 0 Å². The second-order valence-electron chi connectivity index (χ2n) is 6.98. The molecule has 2 aromatic carbocycles. The van der Waals surface area contributed by atoms with E-state index >= 15 is 0 Å². The Morgan fingerprint density at radius 2 is 1.93 bits per heavy atom. The summed E-state index contributed by atoms with van der Waals surface area (Å²) in [6.45, 7) is 5.33. The van der Waals surface area contributed by atoms with E-state index in [1.54, 1.807) is 17.9 Å². The second kappa shape index (κ2) is 8.24. The summed E-state index contributed by atoms with van der Waals surface area (Å²) in [6, 6.07) is 12.2. The number of anilines is 2. The lowest BCUT2D eigenvalue weighted by atomic mass is 10.2. The molecule has 0 spiro atoms. The Hall–Kier alpha value is -2.87. The molecule has 29 heavy (non-hydrogen) atoms. The highest BCUT2D eigenvalue weighted by Crippen LogP contribution is 2.34. The maximum Gasteiger partial charge on any atom is 0.262 e. The fourth-order valence-electron chi connectivity index (χ4n) is 3.32. The van der Waals surface area contributed by atoms with Gasteiger partial charge in [0.25, 0.3) is 5.91 Å². The fourth-order valence-corrected chi connectivity index (χ4v) is 4.89. The van der Waals surface area contributed by atoms with Crippen molar-refractivity contribution in [3.63, 3.8) is 0 Å². The summed E-state index contributed by atoms with van der Waals surface area (Å²) in [6.07, 6.45) is -0.140. The van der Waals surface area contributed by atoms with Crippen LogP contribution in [0.25, 0.3) is 0 Å². The topological polar surface area (TPSA) is 92.8 Å². The molecular formula is C21H24N2O5S. The van der Waals surface area contributed by atoms with Crippen LogP contribution in [0.5, 0.6) is 5.75 Å². The molecule has 154 valence electrons. The average Bonchev–Trinajstić information content (AvgIpc) is 2.68. The number of sulfone groups is 1. The zero-order valence-corrected chi connectivity index (χ0v) is 17.5. The Kier molecular flexibility index (Phi) is 5.93. The molecule has 0 unspecified atom stereocenters. The van der Waals surface area contributed by atoms with Gasteiger partial charge in [0.15, 0.2) is 16.4 Å². The van der Waals surface area contributed by atoms with Crippen LogP contribution in [-0.4, -0.2) is 38.6 Å². The van der Waals surface area contributed by atoms with E-state index in [-0.39, 0.29) is 29.7 Å². The van der Waals surface area contributed by atoms with Crippen LogP contribution in [0.4, 0.5) is 11.4 Å². The van der Waals surface area contributed by atoms with Crippen molar-refractivity contribution in [1.29, 1.82) is 0 Å². The number of para-hydroxylation sites is 1. The van der Waals surface area contributed by atoms with Crippen molar-refractivity contribution in [3.8, 4) is 5.75 Å². The minimum atomic E-state index is -3.78. The van der Waals surface area contributed by atoms with Crippen LogP contribution in [0.2, 0.25) is 0 Å². The van der Waals surface area contributed by atoms with Crippen LogP contribution < -0.4 is 15.0 Å². The van der Waals surface area contributed by atoms with Gasteiger partial charge in [0, 0.05) is 24.7 Å². The van der Waals surface area contributed by atoms with Gasteiger partial charge in [-0.2, -0.15) is 0 Å². The van der Waals surface area contributed by atoms with Crippen LogP contribution in [0, 0.1) is 6.92 Å². The van der Waals surface area contributed by atoms with Gasteiger partial charge in [-0.1, -0.05) is 18.2 Å². The lowest BCUT2D eigenvalue weighted by molar-refractivity contribution is -0.119. The Bertz CT molecular complexity index is 1030. The molecule has 0 radical (unpaired) electrons. The number of hydrogen-bond donors (Lipinski definition) is 1. The number of carbonyl (C=O) groups excluding carboxylic acids is 2. The first-order valence-corrected chi connectivity index (χ1v) is 10.9. The van der Waals surface area contributed by atoms with Gasteiger partial charge in [-0.05, 0) is 44.5 Å². The molecule has 2 aromatic rings. The first kappa shape index (κ1) is 20.9. The molecule has 3 rings (SSSR count). The number of aryl methyl sites for hydroxylation is 1. The number of rotatable bonds is 6. The van der Waals surface area contributed by atoms with Gasteiger partial charge in [0.2, 0.25) is 5.91 Å². The number of hydrogen-bond acceptors (Lipinski definition) is 5. The van der Waals surface area contributed by atoms with E-state index in [4.69, 9.17) is 4.74 Å². The van der Waals surface area contributed by atoms with Crippen LogP contribution in [0.3, 0.4) is 0 Å². The number of amides is 2. The van der Waals surface area contributed by atoms with Gasteiger partial charge in [0.05, 0.1) is 15.8 Å². The molecule has 7 nitrogen and oxygen atoms in total. The number of ether oxygens (including phenoxy) is 1. The lowest BCUT2D eigenvalue weighted by Crippen LogP contribution is -2.34. The zero-order valence-electron chi connectivity index (χ0n) is 16.6. The SMILES string of the molecule is CCN(C(=O)C[C@H](C)S(=O)(=O)c1cc2c(cc1C)NC(=O)CO2)c1ccccc1. The summed E-state index contributed by atoms with van der Waals surface area (Å²) in [5, 5.41) is 1.75. The quantitative estimate of drug-likeness (QED) is 0.782. The molecule has 0 saturated carbocycles. The van der Waals surface area contributed by atoms with Crippen LogP contribution >= 0.6 is 0 Å². The zero-order chi connectivity index (χ0) is 21.2. The smallest absolute Gasteiger partial charge is 0.262 e. The second-order valence-corrected chi connectivity index (χ2v) is 9.32. The van der Waals surface area contributed by atoms with E-state index < -0.39 is 15.1 Å². The van der Waals surface area contributed by atoms with Gasteiger partial charge in [-0.25, -0.2) is 8.42 Å². The van der Waals surface area contributed by atoms with Gasteiger partial charge < -0.3 is 15.0 Å². The highest BCUT2D eigenvalue weighted by Gasteiger charge is 2.31. The lowest BCUT2D eigenvalue weighted by Gasteiger charge is -2.24. The summed E-state index contributed by atoms with van der Waals surface area (Å²) in [7, 11) is -3.78. The third kappa shape index (κ3) is 4.27. The normalized spacial score (nSPS) is 14.4. The molecule has 1 aliphatic rings. The summed E-state index contributed by atoms with van der Waals surface area (Å²) in [5.41, 5.74) is 1.67. The van der Waals surface area contributed by atoms with Gasteiger partial charge in [-0.3, -0.25) is 9.59 Å². The fraction of sp³-hybridized carbons (Fsp3) is 0.333. The highest BCUT2D eigenvalue weighted by atomic mass is 32.2. The van der Waals surface area contributed by atoms with E-state index in [2.05, 4.69) is 5.32 Å². The molecule has 1 heterocycles. The molecule has 0 bridgehead atoms. The van der Waals surface area contributed by atoms with Crippen LogP contribution in [0.1, 0.15) is 25.8 Å². The highest BCUT2D eigenvalue weighted by molar-refractivity contribution is 7.92. The van der Waals surface area contributed by atoms with Crippen molar-refractivity contribution in [3.05, 3.63) is 48.0 Å². The molecule has 0 aromatic heterocycles. The standard InChI is InChI=1S/C21H24N2O5S/c1-4-23(16-8-6-5-7-9-16)21(25)11-15(3)29(26,27)19-12-18-17(10-14(19)2)22-20(24)13-28-18/h5-10,12,15H,4,11,13H2,1-3H3,(H,22,24)/t15-/m0/s1. The van der Waals surface area contributed by atoms with Crippen molar-refractivity contribution in [2.75, 3.05) is 23.4 Å². The molecule has 0 aliphatic carbocycles. The Balaban J connectivity index is 1.84. The summed E-state index contributed by atoms with van der Waals surface area (Å²) in [4.78, 5) is 25.9. The third-order valence-corrected chi connectivity index (χ3v) is 7.17.